The van der Waals surface area contributed by atoms with Crippen molar-refractivity contribution in [2.75, 3.05) is 5.32 Å². The molecular weight excluding hydrogens is 276 g/mol. The van der Waals surface area contributed by atoms with E-state index in [9.17, 15) is 23.5 Å². The maximum Gasteiger partial charge on any atom is 0.351 e. The zero-order chi connectivity index (χ0) is 15.8. The molecule has 1 saturated heterocycles. The minimum atomic E-state index is -3.73. The molecule has 0 bridgehead atoms. The topological polar surface area (TPSA) is 93.5 Å². The Balaban J connectivity index is 2.34. The van der Waals surface area contributed by atoms with Crippen LogP contribution in [-0.2, 0) is 9.53 Å². The molecule has 0 aliphatic carbocycles. The van der Waals surface area contributed by atoms with Crippen LogP contribution in [0.4, 0.5) is 14.6 Å². The lowest BCUT2D eigenvalue weighted by Gasteiger charge is -2.21. The summed E-state index contributed by atoms with van der Waals surface area (Å²) >= 11 is 0. The quantitative estimate of drug-likeness (QED) is 0.806. The van der Waals surface area contributed by atoms with Crippen LogP contribution >= 0.6 is 0 Å². The standard InChI is InChI=1S/C11H13F2N3O4/c1-5-8(18)11(12,13)9(20-5)16-4-3-7(14-6(2)17)15-10(16)19/h3-5,8-9,18H,1-2H3,(H,14,15,17,19)/t5-,8?,9-/m1/s1/i1D. The molecule has 2 rings (SSSR count). The number of carbonyl (C=O) groups excluding carboxylic acids is 1. The number of hydrogen-bond acceptors (Lipinski definition) is 5. The van der Waals surface area contributed by atoms with E-state index in [2.05, 4.69) is 10.3 Å². The maximum absolute atomic E-state index is 13.9. The molecule has 1 aliphatic rings. The first kappa shape index (κ1) is 13.1. The molecule has 110 valence electrons. The Bertz CT molecular complexity index is 609. The second kappa shape index (κ2) is 4.91. The Kier molecular flexibility index (Phi) is 3.22. The summed E-state index contributed by atoms with van der Waals surface area (Å²) in [6.07, 6.45) is -4.64. The van der Waals surface area contributed by atoms with Crippen LogP contribution in [0.3, 0.4) is 0 Å². The molecular formula is C11H13F2N3O4. The third-order valence-electron chi connectivity index (χ3n) is 2.77. The number of carbonyl (C=O) groups is 1. The number of alkyl halides is 2. The number of anilines is 1. The summed E-state index contributed by atoms with van der Waals surface area (Å²) in [6, 6.07) is 1.16. The Hall–Kier alpha value is -1.87. The second-order valence-electron chi connectivity index (χ2n) is 4.33. The molecule has 0 aromatic carbocycles. The molecule has 7 nitrogen and oxygen atoms in total. The smallest absolute Gasteiger partial charge is 0.351 e. The van der Waals surface area contributed by atoms with Crippen LogP contribution < -0.4 is 11.0 Å². The van der Waals surface area contributed by atoms with Gasteiger partial charge in [0.1, 0.15) is 11.9 Å². The molecule has 1 aromatic rings. The molecule has 20 heavy (non-hydrogen) atoms. The molecule has 1 amide bonds. The van der Waals surface area contributed by atoms with Crippen molar-refractivity contribution in [1.29, 1.82) is 0 Å². The molecule has 1 unspecified atom stereocenters. The van der Waals surface area contributed by atoms with Gasteiger partial charge in [0.15, 0.2) is 0 Å². The van der Waals surface area contributed by atoms with Crippen molar-refractivity contribution in [1.82, 2.24) is 9.55 Å². The monoisotopic (exact) mass is 290 g/mol. The van der Waals surface area contributed by atoms with E-state index >= 15 is 0 Å². The average molecular weight is 290 g/mol. The van der Waals surface area contributed by atoms with Crippen molar-refractivity contribution in [2.24, 2.45) is 0 Å². The summed E-state index contributed by atoms with van der Waals surface area (Å²) in [4.78, 5) is 26.0. The fraction of sp³-hybridized carbons (Fsp3) is 0.545. The van der Waals surface area contributed by atoms with Gasteiger partial charge in [-0.15, -0.1) is 0 Å². The number of rotatable bonds is 2. The first-order valence-corrected chi connectivity index (χ1v) is 5.64. The fourth-order valence-electron chi connectivity index (χ4n) is 1.82. The molecule has 3 atom stereocenters. The van der Waals surface area contributed by atoms with Gasteiger partial charge in [-0.05, 0) is 13.0 Å². The zero-order valence-corrected chi connectivity index (χ0v) is 10.4. The molecule has 2 heterocycles. The summed E-state index contributed by atoms with van der Waals surface area (Å²) in [5, 5.41) is 11.7. The zero-order valence-electron chi connectivity index (χ0n) is 11.4. The van der Waals surface area contributed by atoms with Gasteiger partial charge in [0.2, 0.25) is 12.1 Å². The summed E-state index contributed by atoms with van der Waals surface area (Å²) < 4.78 is 40.2. The van der Waals surface area contributed by atoms with Gasteiger partial charge in [-0.3, -0.25) is 9.36 Å². The molecule has 2 N–H and O–H groups in total. The molecule has 1 aromatic heterocycles. The summed E-state index contributed by atoms with van der Waals surface area (Å²) in [7, 11) is 0. The Morgan fingerprint density at radius 1 is 1.70 bits per heavy atom. The predicted octanol–water partition coefficient (Wildman–Crippen LogP) is 0.115. The van der Waals surface area contributed by atoms with E-state index in [4.69, 9.17) is 6.11 Å². The molecule has 0 saturated carbocycles. The highest BCUT2D eigenvalue weighted by Crippen LogP contribution is 2.41. The highest BCUT2D eigenvalue weighted by Gasteiger charge is 2.58. The van der Waals surface area contributed by atoms with Gasteiger partial charge in [0.25, 0.3) is 0 Å². The highest BCUT2D eigenvalue weighted by molar-refractivity contribution is 5.87. The van der Waals surface area contributed by atoms with Gasteiger partial charge in [0, 0.05) is 14.5 Å². The number of hydrogen-bond donors (Lipinski definition) is 2. The van der Waals surface area contributed by atoms with Crippen LogP contribution in [0.2, 0.25) is 0 Å². The number of amides is 1. The molecule has 0 spiro atoms. The fourth-order valence-corrected chi connectivity index (χ4v) is 1.82. The van der Waals surface area contributed by atoms with E-state index < -0.39 is 42.9 Å². The van der Waals surface area contributed by atoms with E-state index in [0.29, 0.717) is 4.57 Å². The van der Waals surface area contributed by atoms with Crippen molar-refractivity contribution in [2.45, 2.75) is 38.2 Å². The average Bonchev–Trinajstić information content (AvgIpc) is 2.61. The van der Waals surface area contributed by atoms with Crippen LogP contribution in [0.25, 0.3) is 0 Å². The van der Waals surface area contributed by atoms with Crippen LogP contribution in [0.5, 0.6) is 0 Å². The highest BCUT2D eigenvalue weighted by atomic mass is 19.3. The van der Waals surface area contributed by atoms with Crippen LogP contribution in [0.15, 0.2) is 17.1 Å². The summed E-state index contributed by atoms with van der Waals surface area (Å²) in [5.41, 5.74) is -1.07. The predicted molar refractivity (Wildman–Crippen MR) is 63.3 cm³/mol. The van der Waals surface area contributed by atoms with Gasteiger partial charge >= 0.3 is 11.6 Å². The van der Waals surface area contributed by atoms with E-state index in [1.165, 1.54) is 6.92 Å². The number of halogens is 2. The maximum atomic E-state index is 13.9. The number of aliphatic hydroxyl groups is 1. The lowest BCUT2D eigenvalue weighted by molar-refractivity contribution is -0.140. The van der Waals surface area contributed by atoms with Crippen molar-refractivity contribution in [3.05, 3.63) is 22.7 Å². The van der Waals surface area contributed by atoms with Crippen LogP contribution in [0.1, 0.15) is 21.4 Å². The first-order valence-electron chi connectivity index (χ1n) is 6.35. The summed E-state index contributed by atoms with van der Waals surface area (Å²) in [6.45, 7) is 0.635. The Morgan fingerprint density at radius 3 is 2.90 bits per heavy atom. The summed E-state index contributed by atoms with van der Waals surface area (Å²) in [5.74, 6) is -4.28. The van der Waals surface area contributed by atoms with Gasteiger partial charge in [-0.25, -0.2) is 4.79 Å². The first-order chi connectivity index (χ1) is 9.77. The van der Waals surface area contributed by atoms with Gasteiger partial charge in [-0.2, -0.15) is 13.8 Å². The number of aliphatic hydroxyl groups excluding tert-OH is 1. The second-order valence-corrected chi connectivity index (χ2v) is 4.33. The Labute approximate surface area is 113 Å². The lowest BCUT2D eigenvalue weighted by atomic mass is 10.1. The van der Waals surface area contributed by atoms with E-state index in [1.54, 1.807) is 0 Å². The van der Waals surface area contributed by atoms with Gasteiger partial charge in [0.05, 0.1) is 6.10 Å². The largest absolute Gasteiger partial charge is 0.384 e. The number of ether oxygens (including phenoxy) is 1. The van der Waals surface area contributed by atoms with E-state index in [-0.39, 0.29) is 5.82 Å². The number of nitrogens with zero attached hydrogens (tertiary/aromatic N) is 2. The minimum Gasteiger partial charge on any atom is -0.384 e. The lowest BCUT2D eigenvalue weighted by Crippen LogP contribution is -2.41. The van der Waals surface area contributed by atoms with E-state index in [1.807, 2.05) is 0 Å². The van der Waals surface area contributed by atoms with Crippen molar-refractivity contribution < 1.29 is 24.8 Å². The third-order valence-corrected chi connectivity index (χ3v) is 2.77. The molecule has 1 aliphatic heterocycles. The number of aromatic nitrogens is 2. The van der Waals surface area contributed by atoms with Crippen LogP contribution in [0, 0.1) is 0 Å². The molecule has 1 fully saturated rings. The van der Waals surface area contributed by atoms with E-state index in [0.717, 1.165) is 12.3 Å². The third kappa shape index (κ3) is 2.41. The van der Waals surface area contributed by atoms with Crippen molar-refractivity contribution >= 4 is 11.7 Å². The van der Waals surface area contributed by atoms with Crippen molar-refractivity contribution in [3.8, 4) is 0 Å². The molecule has 0 radical (unpaired) electrons. The van der Waals surface area contributed by atoms with Crippen molar-refractivity contribution in [3.63, 3.8) is 0 Å². The number of nitrogens with one attached hydrogen (secondary N) is 1. The SMILES string of the molecule is [2H]C[C@H]1O[C@@H](n2ccc(NC(C)=O)nc2=O)C(F)(F)C1O. The van der Waals surface area contributed by atoms with Gasteiger partial charge < -0.3 is 15.2 Å². The minimum absolute atomic E-state index is 0.0809. The Morgan fingerprint density at radius 2 is 2.40 bits per heavy atom. The molecule has 9 heteroatoms. The van der Waals surface area contributed by atoms with Crippen LogP contribution in [-0.4, -0.2) is 38.7 Å². The normalized spacial score (nSPS) is 29.0. The van der Waals surface area contributed by atoms with Gasteiger partial charge in [-0.1, -0.05) is 0 Å².